The molecule has 1 atom stereocenters. The minimum absolute atomic E-state index is 0.112. The van der Waals surface area contributed by atoms with Gasteiger partial charge in [-0.1, -0.05) is 6.92 Å². The van der Waals surface area contributed by atoms with Crippen molar-refractivity contribution in [1.29, 1.82) is 0 Å². The first-order chi connectivity index (χ1) is 5.18. The zero-order valence-corrected chi connectivity index (χ0v) is 7.68. The summed E-state index contributed by atoms with van der Waals surface area (Å²) in [5, 5.41) is 12.2. The maximum Gasteiger partial charge on any atom is 0.0664 e. The molecule has 0 fully saturated rings. The van der Waals surface area contributed by atoms with Crippen molar-refractivity contribution in [2.45, 2.75) is 25.8 Å². The first-order valence-corrected chi connectivity index (χ1v) is 4.03. The quantitative estimate of drug-likeness (QED) is 0.592. The summed E-state index contributed by atoms with van der Waals surface area (Å²) in [6.07, 6.45) is 1.07. The first-order valence-electron chi connectivity index (χ1n) is 4.03. The molecule has 0 aromatic heterocycles. The van der Waals surface area contributed by atoms with Crippen molar-refractivity contribution in [2.24, 2.45) is 0 Å². The van der Waals surface area contributed by atoms with Crippen molar-refractivity contribution in [1.82, 2.24) is 5.32 Å². The van der Waals surface area contributed by atoms with Gasteiger partial charge in [-0.3, -0.25) is 0 Å². The third-order valence-electron chi connectivity index (χ3n) is 1.61. The molecule has 68 valence electrons. The fourth-order valence-electron chi connectivity index (χ4n) is 0.898. The highest BCUT2D eigenvalue weighted by Crippen LogP contribution is 2.02. The fraction of sp³-hybridized carbons (Fsp3) is 1.00. The van der Waals surface area contributed by atoms with Gasteiger partial charge in [-0.05, 0) is 19.9 Å². The summed E-state index contributed by atoms with van der Waals surface area (Å²) in [7, 11) is 1.64. The number of aliphatic hydroxyl groups is 1. The van der Waals surface area contributed by atoms with E-state index in [4.69, 9.17) is 9.84 Å². The SMILES string of the molecule is CCCNC(C)(CO)COC. The van der Waals surface area contributed by atoms with Crippen LogP contribution >= 0.6 is 0 Å². The second-order valence-electron chi connectivity index (χ2n) is 3.08. The summed E-state index contributed by atoms with van der Waals surface area (Å²) < 4.78 is 4.97. The first kappa shape index (κ1) is 10.9. The molecule has 0 rings (SSSR count). The van der Waals surface area contributed by atoms with E-state index in [1.54, 1.807) is 7.11 Å². The van der Waals surface area contributed by atoms with E-state index in [0.717, 1.165) is 13.0 Å². The molecule has 0 saturated heterocycles. The average Bonchev–Trinajstić information content (AvgIpc) is 2.02. The van der Waals surface area contributed by atoms with Gasteiger partial charge in [0, 0.05) is 7.11 Å². The van der Waals surface area contributed by atoms with Gasteiger partial charge >= 0.3 is 0 Å². The summed E-state index contributed by atoms with van der Waals surface area (Å²) in [5.74, 6) is 0. The van der Waals surface area contributed by atoms with Crippen LogP contribution in [0.25, 0.3) is 0 Å². The van der Waals surface area contributed by atoms with Crippen LogP contribution in [0, 0.1) is 0 Å². The van der Waals surface area contributed by atoms with Crippen molar-refractivity contribution in [3.05, 3.63) is 0 Å². The van der Waals surface area contributed by atoms with E-state index in [1.165, 1.54) is 0 Å². The van der Waals surface area contributed by atoms with Gasteiger partial charge in [0.05, 0.1) is 18.8 Å². The lowest BCUT2D eigenvalue weighted by molar-refractivity contribution is 0.0736. The Morgan fingerprint density at radius 3 is 2.55 bits per heavy atom. The van der Waals surface area contributed by atoms with Crippen molar-refractivity contribution < 1.29 is 9.84 Å². The second kappa shape index (κ2) is 5.52. The smallest absolute Gasteiger partial charge is 0.0664 e. The lowest BCUT2D eigenvalue weighted by atomic mass is 10.1. The fourth-order valence-corrected chi connectivity index (χ4v) is 0.898. The van der Waals surface area contributed by atoms with Crippen LogP contribution in [0.3, 0.4) is 0 Å². The third-order valence-corrected chi connectivity index (χ3v) is 1.61. The molecule has 3 nitrogen and oxygen atoms in total. The number of methoxy groups -OCH3 is 1. The van der Waals surface area contributed by atoms with Crippen molar-refractivity contribution in [3.63, 3.8) is 0 Å². The van der Waals surface area contributed by atoms with Crippen molar-refractivity contribution >= 4 is 0 Å². The van der Waals surface area contributed by atoms with Crippen LogP contribution in [-0.2, 0) is 4.74 Å². The van der Waals surface area contributed by atoms with E-state index in [9.17, 15) is 0 Å². The molecule has 0 bridgehead atoms. The highest BCUT2D eigenvalue weighted by Gasteiger charge is 2.21. The van der Waals surface area contributed by atoms with Crippen LogP contribution in [0.5, 0.6) is 0 Å². The zero-order valence-electron chi connectivity index (χ0n) is 7.68. The summed E-state index contributed by atoms with van der Waals surface area (Å²) in [5.41, 5.74) is -0.273. The standard InChI is InChI=1S/C8H19NO2/c1-4-5-9-8(2,6-10)7-11-3/h9-10H,4-7H2,1-3H3. The van der Waals surface area contributed by atoms with Gasteiger partial charge in [-0.15, -0.1) is 0 Å². The molecule has 0 heterocycles. The van der Waals surface area contributed by atoms with Crippen molar-refractivity contribution in [2.75, 3.05) is 26.9 Å². The van der Waals surface area contributed by atoms with E-state index in [1.807, 2.05) is 6.92 Å². The van der Waals surface area contributed by atoms with Gasteiger partial charge < -0.3 is 15.2 Å². The Hall–Kier alpha value is -0.120. The number of ether oxygens (including phenoxy) is 1. The number of hydrogen-bond acceptors (Lipinski definition) is 3. The lowest BCUT2D eigenvalue weighted by Crippen LogP contribution is -2.49. The predicted octanol–water partition coefficient (Wildman–Crippen LogP) is 0.383. The molecule has 1 unspecified atom stereocenters. The second-order valence-corrected chi connectivity index (χ2v) is 3.08. The van der Waals surface area contributed by atoms with Gasteiger partial charge in [-0.2, -0.15) is 0 Å². The Balaban J connectivity index is 3.68. The summed E-state index contributed by atoms with van der Waals surface area (Å²) in [6, 6.07) is 0. The summed E-state index contributed by atoms with van der Waals surface area (Å²) in [4.78, 5) is 0. The summed E-state index contributed by atoms with van der Waals surface area (Å²) in [6.45, 7) is 5.62. The molecule has 0 spiro atoms. The molecule has 0 aromatic carbocycles. The van der Waals surface area contributed by atoms with E-state index >= 15 is 0 Å². The highest BCUT2D eigenvalue weighted by atomic mass is 16.5. The zero-order chi connectivity index (χ0) is 8.74. The van der Waals surface area contributed by atoms with Gasteiger partial charge in [0.1, 0.15) is 0 Å². The van der Waals surface area contributed by atoms with Crippen LogP contribution in [0.1, 0.15) is 20.3 Å². The molecule has 2 N–H and O–H groups in total. The average molecular weight is 161 g/mol. The van der Waals surface area contributed by atoms with Gasteiger partial charge in [-0.25, -0.2) is 0 Å². The monoisotopic (exact) mass is 161 g/mol. The Morgan fingerprint density at radius 1 is 1.55 bits per heavy atom. The third kappa shape index (κ3) is 4.35. The maximum absolute atomic E-state index is 9.00. The molecule has 0 aliphatic rings. The molecular formula is C8H19NO2. The topological polar surface area (TPSA) is 41.5 Å². The molecule has 0 amide bonds. The Labute approximate surface area is 68.8 Å². The van der Waals surface area contributed by atoms with E-state index in [2.05, 4.69) is 12.2 Å². The van der Waals surface area contributed by atoms with Crippen molar-refractivity contribution in [3.8, 4) is 0 Å². The molecule has 0 aliphatic heterocycles. The molecular weight excluding hydrogens is 142 g/mol. The number of hydrogen-bond donors (Lipinski definition) is 2. The highest BCUT2D eigenvalue weighted by molar-refractivity contribution is 4.81. The Morgan fingerprint density at radius 2 is 2.18 bits per heavy atom. The molecule has 0 aliphatic carbocycles. The van der Waals surface area contributed by atoms with E-state index < -0.39 is 0 Å². The van der Waals surface area contributed by atoms with E-state index in [-0.39, 0.29) is 12.1 Å². The Bertz CT molecular complexity index is 98.1. The normalized spacial score (nSPS) is 16.4. The van der Waals surface area contributed by atoms with Crippen LogP contribution in [-0.4, -0.2) is 37.5 Å². The minimum Gasteiger partial charge on any atom is -0.394 e. The van der Waals surface area contributed by atoms with Crippen LogP contribution in [0.4, 0.5) is 0 Å². The summed E-state index contributed by atoms with van der Waals surface area (Å²) >= 11 is 0. The molecule has 0 saturated carbocycles. The largest absolute Gasteiger partial charge is 0.394 e. The molecule has 11 heavy (non-hydrogen) atoms. The van der Waals surface area contributed by atoms with Crippen LogP contribution in [0.2, 0.25) is 0 Å². The number of rotatable bonds is 6. The molecule has 0 radical (unpaired) electrons. The Kier molecular flexibility index (Phi) is 5.46. The van der Waals surface area contributed by atoms with Crippen LogP contribution < -0.4 is 5.32 Å². The number of aliphatic hydroxyl groups excluding tert-OH is 1. The van der Waals surface area contributed by atoms with Crippen LogP contribution in [0.15, 0.2) is 0 Å². The molecule has 3 heteroatoms. The maximum atomic E-state index is 9.00. The van der Waals surface area contributed by atoms with Gasteiger partial charge in [0.25, 0.3) is 0 Å². The lowest BCUT2D eigenvalue weighted by Gasteiger charge is -2.27. The molecule has 0 aromatic rings. The van der Waals surface area contributed by atoms with E-state index in [0.29, 0.717) is 6.61 Å². The predicted molar refractivity (Wildman–Crippen MR) is 45.7 cm³/mol. The van der Waals surface area contributed by atoms with Gasteiger partial charge in [0.15, 0.2) is 0 Å². The van der Waals surface area contributed by atoms with Gasteiger partial charge in [0.2, 0.25) is 0 Å². The number of nitrogens with one attached hydrogen (secondary N) is 1. The minimum atomic E-state index is -0.273.